The Balaban J connectivity index is 5.67. The number of amides is 6. The molecule has 5 atom stereocenters. The molecule has 0 radical (unpaired) electrons. The van der Waals surface area contributed by atoms with E-state index in [0.29, 0.717) is 6.42 Å². The van der Waals surface area contributed by atoms with Gasteiger partial charge in [0.15, 0.2) is 0 Å². The van der Waals surface area contributed by atoms with Gasteiger partial charge < -0.3 is 44.0 Å². The van der Waals surface area contributed by atoms with Crippen LogP contribution in [0.2, 0.25) is 0 Å². The van der Waals surface area contributed by atoms with Crippen LogP contribution >= 0.6 is 0 Å². The Morgan fingerprint density at radius 2 is 1.08 bits per heavy atom. The van der Waals surface area contributed by atoms with Crippen molar-refractivity contribution < 1.29 is 38.7 Å². The average Bonchev–Trinajstić information content (AvgIpc) is 2.79. The Morgan fingerprint density at radius 3 is 1.47 bits per heavy atom. The molecule has 15 heteroatoms. The lowest BCUT2D eigenvalue weighted by Crippen LogP contribution is -2.58. The van der Waals surface area contributed by atoms with Crippen molar-refractivity contribution in [2.75, 3.05) is 0 Å². The minimum Gasteiger partial charge on any atom is -0.480 e. The molecular weight excluding hydrogens is 478 g/mol. The molecule has 5 unspecified atom stereocenters. The van der Waals surface area contributed by atoms with Gasteiger partial charge in [0.05, 0.1) is 6.04 Å². The van der Waals surface area contributed by atoms with Crippen molar-refractivity contribution in [2.45, 2.75) is 83.0 Å². The van der Waals surface area contributed by atoms with Crippen LogP contribution in [0.4, 0.5) is 0 Å². The van der Waals surface area contributed by atoms with Crippen LogP contribution in [0.25, 0.3) is 0 Å². The third-order valence-corrected chi connectivity index (χ3v) is 5.44. The normalized spacial score (nSPS) is 14.9. The maximum atomic E-state index is 12.9. The third kappa shape index (κ3) is 12.6. The van der Waals surface area contributed by atoms with E-state index in [4.69, 9.17) is 22.9 Å². The number of hydrogen-bond acceptors (Lipinski definition) is 8. The van der Waals surface area contributed by atoms with Crippen molar-refractivity contribution in [3.63, 3.8) is 0 Å². The summed E-state index contributed by atoms with van der Waals surface area (Å²) in [4.78, 5) is 83.2. The van der Waals surface area contributed by atoms with Crippen molar-refractivity contribution in [1.82, 2.24) is 16.0 Å². The maximum Gasteiger partial charge on any atom is 0.326 e. The molecular formula is C21H37N7O8. The fraction of sp³-hybridized carbons (Fsp3) is 0.667. The van der Waals surface area contributed by atoms with Crippen molar-refractivity contribution in [3.05, 3.63) is 0 Å². The SMILES string of the molecule is CCC(C)C(NC(=O)C(CCC(N)=O)NC(=O)C(CCC(N)=O)NC(=O)C(N)CCC(N)=O)C(=O)O. The van der Waals surface area contributed by atoms with E-state index >= 15 is 0 Å². The van der Waals surface area contributed by atoms with Gasteiger partial charge in [0.2, 0.25) is 35.4 Å². The van der Waals surface area contributed by atoms with E-state index in [1.807, 2.05) is 0 Å². The average molecular weight is 516 g/mol. The molecule has 0 aliphatic carbocycles. The number of aliphatic carboxylic acids is 1. The molecule has 0 heterocycles. The highest BCUT2D eigenvalue weighted by Gasteiger charge is 2.32. The second-order valence-electron chi connectivity index (χ2n) is 8.45. The molecule has 0 saturated carbocycles. The lowest BCUT2D eigenvalue weighted by atomic mass is 9.98. The quantitative estimate of drug-likeness (QED) is 0.0905. The Bertz CT molecular complexity index is 835. The number of carboxylic acid groups (broad SMARTS) is 1. The molecule has 0 spiro atoms. The van der Waals surface area contributed by atoms with Crippen LogP contribution in [0.15, 0.2) is 0 Å². The van der Waals surface area contributed by atoms with Gasteiger partial charge in [-0.2, -0.15) is 0 Å². The topological polar surface area (TPSA) is 280 Å². The zero-order valence-electron chi connectivity index (χ0n) is 20.5. The number of carboxylic acids is 1. The Labute approximate surface area is 208 Å². The van der Waals surface area contributed by atoms with Crippen LogP contribution in [0.1, 0.15) is 58.8 Å². The summed E-state index contributed by atoms with van der Waals surface area (Å²) in [6.07, 6.45) is -0.951. The highest BCUT2D eigenvalue weighted by atomic mass is 16.4. The predicted molar refractivity (Wildman–Crippen MR) is 126 cm³/mol. The third-order valence-electron chi connectivity index (χ3n) is 5.44. The maximum absolute atomic E-state index is 12.9. The molecule has 15 nitrogen and oxygen atoms in total. The Hall–Kier alpha value is -3.75. The van der Waals surface area contributed by atoms with Gasteiger partial charge in [-0.05, 0) is 25.2 Å². The number of carbonyl (C=O) groups is 7. The van der Waals surface area contributed by atoms with Gasteiger partial charge >= 0.3 is 5.97 Å². The molecule has 12 N–H and O–H groups in total. The molecule has 0 aromatic heterocycles. The molecule has 0 rings (SSSR count). The first-order chi connectivity index (χ1) is 16.7. The number of nitrogens with two attached hydrogens (primary N) is 4. The van der Waals surface area contributed by atoms with Gasteiger partial charge in [-0.25, -0.2) is 4.79 Å². The summed E-state index contributed by atoms with van der Waals surface area (Å²) < 4.78 is 0. The summed E-state index contributed by atoms with van der Waals surface area (Å²) in [6, 6.07) is -5.20. The van der Waals surface area contributed by atoms with Crippen molar-refractivity contribution in [1.29, 1.82) is 0 Å². The first-order valence-corrected chi connectivity index (χ1v) is 11.4. The summed E-state index contributed by atoms with van der Waals surface area (Å²) in [5, 5.41) is 16.5. The van der Waals surface area contributed by atoms with Gasteiger partial charge in [0, 0.05) is 19.3 Å². The largest absolute Gasteiger partial charge is 0.480 e. The van der Waals surface area contributed by atoms with Gasteiger partial charge in [-0.1, -0.05) is 20.3 Å². The number of carbonyl (C=O) groups excluding carboxylic acids is 6. The van der Waals surface area contributed by atoms with E-state index in [0.717, 1.165) is 0 Å². The minimum atomic E-state index is -1.38. The standard InChI is InChI=1S/C21H37N7O8/c1-3-10(2)17(21(35)36)28-20(34)13(6-9-16(25)31)27-19(33)12(5-8-15(24)30)26-18(32)11(22)4-7-14(23)29/h10-13,17H,3-9,22H2,1-2H3,(H2,23,29)(H2,24,30)(H2,25,31)(H,26,32)(H,27,33)(H,28,34)(H,35,36). The van der Waals surface area contributed by atoms with Gasteiger partial charge in [-0.3, -0.25) is 28.8 Å². The fourth-order valence-corrected chi connectivity index (χ4v) is 3.03. The predicted octanol–water partition coefficient (Wildman–Crippen LogP) is -3.30. The van der Waals surface area contributed by atoms with Crippen LogP contribution in [0.5, 0.6) is 0 Å². The number of nitrogens with one attached hydrogen (secondary N) is 3. The first kappa shape index (κ1) is 32.2. The first-order valence-electron chi connectivity index (χ1n) is 11.4. The lowest BCUT2D eigenvalue weighted by molar-refractivity contribution is -0.144. The Morgan fingerprint density at radius 1 is 0.694 bits per heavy atom. The number of hydrogen-bond donors (Lipinski definition) is 8. The van der Waals surface area contributed by atoms with E-state index in [-0.39, 0.29) is 38.5 Å². The summed E-state index contributed by atoms with van der Waals surface area (Å²) in [5.41, 5.74) is 21.0. The zero-order valence-corrected chi connectivity index (χ0v) is 20.5. The van der Waals surface area contributed by atoms with Gasteiger partial charge in [0.25, 0.3) is 0 Å². The smallest absolute Gasteiger partial charge is 0.326 e. The van der Waals surface area contributed by atoms with E-state index < -0.39 is 71.5 Å². The summed E-state index contributed by atoms with van der Waals surface area (Å²) >= 11 is 0. The lowest BCUT2D eigenvalue weighted by Gasteiger charge is -2.26. The van der Waals surface area contributed by atoms with E-state index in [2.05, 4.69) is 16.0 Å². The zero-order chi connectivity index (χ0) is 28.0. The van der Waals surface area contributed by atoms with Crippen molar-refractivity contribution >= 4 is 41.4 Å². The summed E-state index contributed by atoms with van der Waals surface area (Å²) in [5.74, 6) is -6.54. The molecule has 0 saturated heterocycles. The number of primary amides is 3. The molecule has 0 aromatic rings. The van der Waals surface area contributed by atoms with E-state index in [9.17, 15) is 38.7 Å². The highest BCUT2D eigenvalue weighted by Crippen LogP contribution is 2.10. The van der Waals surface area contributed by atoms with Crippen molar-refractivity contribution in [3.8, 4) is 0 Å². The van der Waals surface area contributed by atoms with Crippen molar-refractivity contribution in [2.24, 2.45) is 28.9 Å². The van der Waals surface area contributed by atoms with Crippen LogP contribution in [0, 0.1) is 5.92 Å². The molecule has 0 aromatic carbocycles. The molecule has 0 fully saturated rings. The second-order valence-corrected chi connectivity index (χ2v) is 8.45. The van der Waals surface area contributed by atoms with Crippen LogP contribution in [0.3, 0.4) is 0 Å². The highest BCUT2D eigenvalue weighted by molar-refractivity contribution is 5.94. The van der Waals surface area contributed by atoms with E-state index in [1.54, 1.807) is 13.8 Å². The monoisotopic (exact) mass is 515 g/mol. The number of rotatable bonds is 18. The molecule has 6 amide bonds. The summed E-state index contributed by atoms with van der Waals surface area (Å²) in [7, 11) is 0. The second kappa shape index (κ2) is 16.0. The molecule has 204 valence electrons. The molecule has 0 aliphatic heterocycles. The molecule has 36 heavy (non-hydrogen) atoms. The van der Waals surface area contributed by atoms with E-state index in [1.165, 1.54) is 0 Å². The fourth-order valence-electron chi connectivity index (χ4n) is 3.03. The summed E-state index contributed by atoms with van der Waals surface area (Å²) in [6.45, 7) is 3.35. The minimum absolute atomic E-state index is 0.0961. The van der Waals surface area contributed by atoms with Crippen LogP contribution in [-0.2, 0) is 33.6 Å². The van der Waals surface area contributed by atoms with Gasteiger partial charge in [-0.15, -0.1) is 0 Å². The van der Waals surface area contributed by atoms with Gasteiger partial charge in [0.1, 0.15) is 18.1 Å². The van der Waals surface area contributed by atoms with Crippen LogP contribution in [-0.4, -0.2) is 70.7 Å². The Kier molecular flexibility index (Phi) is 14.4. The molecule has 0 bridgehead atoms. The van der Waals surface area contributed by atoms with Crippen LogP contribution < -0.4 is 38.9 Å². The molecule has 0 aliphatic rings.